The van der Waals surface area contributed by atoms with E-state index < -0.39 is 0 Å². The average molecular weight is 489 g/mol. The summed E-state index contributed by atoms with van der Waals surface area (Å²) in [4.78, 5) is 6.82. The van der Waals surface area contributed by atoms with E-state index in [2.05, 4.69) is 59.7 Å². The number of guanidine groups is 1. The summed E-state index contributed by atoms with van der Waals surface area (Å²) < 4.78 is 2.08. The summed E-state index contributed by atoms with van der Waals surface area (Å²) in [5.41, 5.74) is 0. The van der Waals surface area contributed by atoms with E-state index in [-0.39, 0.29) is 24.0 Å². The summed E-state index contributed by atoms with van der Waals surface area (Å²) in [6.07, 6.45) is 4.95. The van der Waals surface area contributed by atoms with E-state index in [1.165, 1.54) is 5.00 Å². The molecule has 1 fully saturated rings. The first-order valence-electron chi connectivity index (χ1n) is 8.92. The zero-order valence-corrected chi connectivity index (χ0v) is 18.5. The van der Waals surface area contributed by atoms with Gasteiger partial charge in [-0.3, -0.25) is 4.99 Å². The number of piperidine rings is 1. The molecule has 26 heavy (non-hydrogen) atoms. The maximum absolute atomic E-state index is 4.35. The highest BCUT2D eigenvalue weighted by molar-refractivity contribution is 14.0. The number of anilines is 1. The highest BCUT2D eigenvalue weighted by atomic mass is 127. The smallest absolute Gasteiger partial charge is 0.191 e. The van der Waals surface area contributed by atoms with E-state index in [0.717, 1.165) is 57.2 Å². The summed E-state index contributed by atoms with van der Waals surface area (Å²) >= 11 is 1.82. The van der Waals surface area contributed by atoms with Gasteiger partial charge in [0.2, 0.25) is 0 Å². The van der Waals surface area contributed by atoms with Crippen LogP contribution in [0.1, 0.15) is 25.6 Å². The number of aryl methyl sites for hydroxylation is 1. The van der Waals surface area contributed by atoms with Crippen molar-refractivity contribution in [3.05, 3.63) is 29.7 Å². The van der Waals surface area contributed by atoms with Crippen molar-refractivity contribution in [3.8, 4) is 0 Å². The maximum Gasteiger partial charge on any atom is 0.191 e. The van der Waals surface area contributed by atoms with Crippen molar-refractivity contribution in [1.29, 1.82) is 0 Å². The minimum atomic E-state index is 0. The van der Waals surface area contributed by atoms with Crippen molar-refractivity contribution in [3.63, 3.8) is 0 Å². The Hall–Kier alpha value is -1.36. The van der Waals surface area contributed by atoms with Crippen LogP contribution in [0.3, 0.4) is 0 Å². The molecular formula is C17H28IN7S. The Balaban J connectivity index is 0.00000243. The largest absolute Gasteiger partial charge is 0.363 e. The first-order chi connectivity index (χ1) is 12.3. The van der Waals surface area contributed by atoms with Gasteiger partial charge < -0.3 is 20.1 Å². The van der Waals surface area contributed by atoms with Crippen LogP contribution in [0, 0.1) is 0 Å². The van der Waals surface area contributed by atoms with Crippen molar-refractivity contribution in [1.82, 2.24) is 25.4 Å². The first-order valence-corrected chi connectivity index (χ1v) is 9.80. The van der Waals surface area contributed by atoms with Crippen LogP contribution in [0.5, 0.6) is 0 Å². The molecule has 0 amide bonds. The number of rotatable bonds is 6. The number of nitrogens with one attached hydrogen (secondary N) is 2. The number of hydrogen-bond acceptors (Lipinski definition) is 5. The Bertz CT molecular complexity index is 662. The molecule has 0 radical (unpaired) electrons. The predicted molar refractivity (Wildman–Crippen MR) is 119 cm³/mol. The number of aliphatic imine (C=N–C) groups is 1. The number of thiophene rings is 1. The fourth-order valence-corrected chi connectivity index (χ4v) is 3.90. The van der Waals surface area contributed by atoms with Gasteiger partial charge in [-0.2, -0.15) is 0 Å². The van der Waals surface area contributed by atoms with Crippen LogP contribution in [0.25, 0.3) is 0 Å². The third-order valence-corrected chi connectivity index (χ3v) is 5.46. The van der Waals surface area contributed by atoms with Gasteiger partial charge in [0.05, 0.1) is 5.00 Å². The molecule has 0 bridgehead atoms. The zero-order valence-electron chi connectivity index (χ0n) is 15.4. The van der Waals surface area contributed by atoms with Crippen molar-refractivity contribution >= 4 is 46.3 Å². The second kappa shape index (κ2) is 10.7. The zero-order chi connectivity index (χ0) is 17.5. The summed E-state index contributed by atoms with van der Waals surface area (Å²) in [5.74, 6) is 1.89. The van der Waals surface area contributed by atoms with Crippen LogP contribution in [0.4, 0.5) is 5.00 Å². The van der Waals surface area contributed by atoms with Crippen LogP contribution in [-0.2, 0) is 13.0 Å². The van der Waals surface area contributed by atoms with Crippen LogP contribution in [-0.4, -0.2) is 53.4 Å². The lowest BCUT2D eigenvalue weighted by Gasteiger charge is -2.33. The van der Waals surface area contributed by atoms with E-state index in [1.807, 2.05) is 18.4 Å². The van der Waals surface area contributed by atoms with E-state index >= 15 is 0 Å². The fourth-order valence-electron chi connectivity index (χ4n) is 3.12. The number of aromatic nitrogens is 3. The van der Waals surface area contributed by atoms with Crippen molar-refractivity contribution in [2.24, 2.45) is 4.99 Å². The quantitative estimate of drug-likeness (QED) is 0.371. The highest BCUT2D eigenvalue weighted by Crippen LogP contribution is 2.24. The molecule has 0 spiro atoms. The monoisotopic (exact) mass is 489 g/mol. The molecule has 2 aromatic heterocycles. The topological polar surface area (TPSA) is 70.4 Å². The number of nitrogens with zero attached hydrogens (tertiary/aromatic N) is 5. The molecule has 0 atom stereocenters. The minimum absolute atomic E-state index is 0. The van der Waals surface area contributed by atoms with Crippen molar-refractivity contribution < 1.29 is 0 Å². The van der Waals surface area contributed by atoms with E-state index in [4.69, 9.17) is 0 Å². The van der Waals surface area contributed by atoms with Gasteiger partial charge in [0, 0.05) is 45.7 Å². The molecule has 2 N–H and O–H groups in total. The molecule has 2 aromatic rings. The van der Waals surface area contributed by atoms with Crippen molar-refractivity contribution in [2.75, 3.05) is 31.6 Å². The second-order valence-corrected chi connectivity index (χ2v) is 7.08. The lowest BCUT2D eigenvalue weighted by Crippen LogP contribution is -2.49. The predicted octanol–water partition coefficient (Wildman–Crippen LogP) is 2.35. The fraction of sp³-hybridized carbons (Fsp3) is 0.588. The Morgan fingerprint density at radius 1 is 1.38 bits per heavy atom. The summed E-state index contributed by atoms with van der Waals surface area (Å²) in [5, 5.41) is 18.5. The van der Waals surface area contributed by atoms with Gasteiger partial charge in [-0.25, -0.2) is 0 Å². The summed E-state index contributed by atoms with van der Waals surface area (Å²) in [7, 11) is 1.83. The molecule has 1 aliphatic heterocycles. The molecular weight excluding hydrogens is 461 g/mol. The lowest BCUT2D eigenvalue weighted by molar-refractivity contribution is 0.462. The standard InChI is InChI=1S/C17H27N7S.HI/c1-3-15-22-20-13-24(15)11-8-19-17(18-2)21-14-6-9-23(10-7-14)16-5-4-12-25-16;/h4-5,12-14H,3,6-11H2,1-2H3,(H2,18,19,21);1H. The lowest BCUT2D eigenvalue weighted by atomic mass is 10.1. The van der Waals surface area contributed by atoms with Gasteiger partial charge in [-0.15, -0.1) is 45.5 Å². The SMILES string of the molecule is CCc1nncn1CCNC(=NC)NC1CCN(c2cccs2)CC1.I. The third kappa shape index (κ3) is 5.57. The molecule has 0 saturated carbocycles. The van der Waals surface area contributed by atoms with E-state index in [1.54, 1.807) is 6.33 Å². The van der Waals surface area contributed by atoms with Crippen LogP contribution in [0.2, 0.25) is 0 Å². The maximum atomic E-state index is 4.35. The van der Waals surface area contributed by atoms with Crippen molar-refractivity contribution in [2.45, 2.75) is 38.8 Å². The molecule has 9 heteroatoms. The number of halogens is 1. The van der Waals surface area contributed by atoms with Gasteiger partial charge in [0.25, 0.3) is 0 Å². The molecule has 0 aliphatic carbocycles. The van der Waals surface area contributed by atoms with Gasteiger partial charge in [-0.1, -0.05) is 6.92 Å². The van der Waals surface area contributed by atoms with Gasteiger partial charge >= 0.3 is 0 Å². The first kappa shape index (κ1) is 20.9. The summed E-state index contributed by atoms with van der Waals surface area (Å²) in [6.45, 7) is 5.93. The Kier molecular flexibility index (Phi) is 8.63. The number of hydrogen-bond donors (Lipinski definition) is 2. The van der Waals surface area contributed by atoms with Crippen LogP contribution >= 0.6 is 35.3 Å². The molecule has 1 aliphatic rings. The van der Waals surface area contributed by atoms with E-state index in [0.29, 0.717) is 6.04 Å². The molecule has 7 nitrogen and oxygen atoms in total. The van der Waals surface area contributed by atoms with Gasteiger partial charge in [0.15, 0.2) is 5.96 Å². The molecule has 0 aromatic carbocycles. The second-order valence-electron chi connectivity index (χ2n) is 6.15. The van der Waals surface area contributed by atoms with E-state index in [9.17, 15) is 0 Å². The third-order valence-electron chi connectivity index (χ3n) is 4.53. The average Bonchev–Trinajstić information content (AvgIpc) is 3.33. The molecule has 3 heterocycles. The Labute approximate surface area is 176 Å². The summed E-state index contributed by atoms with van der Waals surface area (Å²) in [6, 6.07) is 4.80. The normalized spacial score (nSPS) is 15.6. The van der Waals surface area contributed by atoms with Crippen LogP contribution in [0.15, 0.2) is 28.8 Å². The van der Waals surface area contributed by atoms with Gasteiger partial charge in [0.1, 0.15) is 12.2 Å². The molecule has 3 rings (SSSR count). The Morgan fingerprint density at radius 3 is 2.85 bits per heavy atom. The minimum Gasteiger partial charge on any atom is -0.363 e. The van der Waals surface area contributed by atoms with Crippen LogP contribution < -0.4 is 15.5 Å². The molecule has 0 unspecified atom stereocenters. The highest BCUT2D eigenvalue weighted by Gasteiger charge is 2.20. The molecule has 1 saturated heterocycles. The molecule has 144 valence electrons. The van der Waals surface area contributed by atoms with Gasteiger partial charge in [-0.05, 0) is 30.4 Å². The Morgan fingerprint density at radius 2 is 2.19 bits per heavy atom.